The number of hydrogen-bond donors (Lipinski definition) is 2. The molecular formula is C11H19N3O4S2. The molecule has 114 valence electrons. The largest absolute Gasteiger partial charge is 0.280 e. The van der Waals surface area contributed by atoms with Gasteiger partial charge in [-0.2, -0.15) is 5.10 Å². The maximum Gasteiger partial charge on any atom is 0.236 e. The highest BCUT2D eigenvalue weighted by Gasteiger charge is 2.33. The molecule has 1 aromatic heterocycles. The average Bonchev–Trinajstić information content (AvgIpc) is 2.76. The lowest BCUT2D eigenvalue weighted by Gasteiger charge is -2.21. The topological polar surface area (TPSA) is 109 Å². The molecule has 1 fully saturated rings. The Labute approximate surface area is 119 Å². The van der Waals surface area contributed by atoms with Crippen molar-refractivity contribution in [2.24, 2.45) is 0 Å². The van der Waals surface area contributed by atoms with Crippen LogP contribution >= 0.6 is 0 Å². The van der Waals surface area contributed by atoms with Crippen LogP contribution < -0.4 is 4.72 Å². The van der Waals surface area contributed by atoms with Gasteiger partial charge < -0.3 is 0 Å². The molecule has 0 aromatic carbocycles. The summed E-state index contributed by atoms with van der Waals surface area (Å²) in [5.74, 6) is 0.329. The fourth-order valence-corrected chi connectivity index (χ4v) is 5.30. The first kappa shape index (κ1) is 15.3. The van der Waals surface area contributed by atoms with Crippen LogP contribution in [-0.2, 0) is 19.9 Å². The van der Waals surface area contributed by atoms with Gasteiger partial charge in [0.05, 0.1) is 16.8 Å². The summed E-state index contributed by atoms with van der Waals surface area (Å²) in [4.78, 5) is 0. The Balaban J connectivity index is 2.07. The lowest BCUT2D eigenvalue weighted by Crippen LogP contribution is -2.36. The van der Waals surface area contributed by atoms with Crippen LogP contribution in [0, 0.1) is 0 Å². The summed E-state index contributed by atoms with van der Waals surface area (Å²) in [6.45, 7) is 3.94. The molecule has 9 heteroatoms. The highest BCUT2D eigenvalue weighted by molar-refractivity contribution is 7.94. The van der Waals surface area contributed by atoms with Gasteiger partial charge in [0.25, 0.3) is 0 Å². The van der Waals surface area contributed by atoms with Gasteiger partial charge in [-0.3, -0.25) is 9.82 Å². The third kappa shape index (κ3) is 3.51. The van der Waals surface area contributed by atoms with Crippen molar-refractivity contribution in [3.63, 3.8) is 0 Å². The molecule has 0 radical (unpaired) electrons. The van der Waals surface area contributed by atoms with E-state index in [1.54, 1.807) is 6.07 Å². The Bertz CT molecular complexity index is 662. The molecule has 0 spiro atoms. The number of nitrogens with one attached hydrogen (secondary N) is 2. The Morgan fingerprint density at radius 2 is 1.95 bits per heavy atom. The van der Waals surface area contributed by atoms with Gasteiger partial charge in [0.1, 0.15) is 9.84 Å². The van der Waals surface area contributed by atoms with E-state index in [1.807, 2.05) is 13.8 Å². The number of sulfone groups is 1. The van der Waals surface area contributed by atoms with Gasteiger partial charge in [0, 0.05) is 11.8 Å². The van der Waals surface area contributed by atoms with E-state index in [-0.39, 0.29) is 36.1 Å². The van der Waals surface area contributed by atoms with E-state index in [1.165, 1.54) is 0 Å². The highest BCUT2D eigenvalue weighted by Crippen LogP contribution is 2.22. The van der Waals surface area contributed by atoms with Crippen LogP contribution in [0.1, 0.15) is 38.3 Å². The first-order valence-electron chi connectivity index (χ1n) is 6.47. The molecule has 2 N–H and O–H groups in total. The smallest absolute Gasteiger partial charge is 0.236 e. The van der Waals surface area contributed by atoms with Crippen molar-refractivity contribution in [1.29, 1.82) is 0 Å². The van der Waals surface area contributed by atoms with Gasteiger partial charge >= 0.3 is 0 Å². The molecule has 0 aliphatic carbocycles. The van der Waals surface area contributed by atoms with Crippen molar-refractivity contribution in [3.8, 4) is 0 Å². The zero-order valence-electron chi connectivity index (χ0n) is 11.5. The van der Waals surface area contributed by atoms with Gasteiger partial charge in [-0.15, -0.1) is 0 Å². The molecule has 20 heavy (non-hydrogen) atoms. The summed E-state index contributed by atoms with van der Waals surface area (Å²) in [7, 11) is -6.67. The molecule has 0 atom stereocenters. The monoisotopic (exact) mass is 321 g/mol. The summed E-state index contributed by atoms with van der Waals surface area (Å²) in [5.41, 5.74) is 0.842. The van der Waals surface area contributed by atoms with E-state index >= 15 is 0 Å². The highest BCUT2D eigenvalue weighted by atomic mass is 32.2. The zero-order valence-corrected chi connectivity index (χ0v) is 13.1. The van der Waals surface area contributed by atoms with E-state index in [9.17, 15) is 16.8 Å². The summed E-state index contributed by atoms with van der Waals surface area (Å²) in [6, 6.07) is 1.65. The van der Waals surface area contributed by atoms with Gasteiger partial charge in [-0.1, -0.05) is 13.8 Å². The fraction of sp³-hybridized carbons (Fsp3) is 0.727. The molecule has 0 bridgehead atoms. The summed E-state index contributed by atoms with van der Waals surface area (Å²) >= 11 is 0. The van der Waals surface area contributed by atoms with Gasteiger partial charge in [-0.05, 0) is 18.8 Å². The average molecular weight is 321 g/mol. The number of aromatic amines is 1. The van der Waals surface area contributed by atoms with Crippen LogP contribution in [0.2, 0.25) is 0 Å². The third-order valence-electron chi connectivity index (χ3n) is 3.41. The summed E-state index contributed by atoms with van der Waals surface area (Å²) in [5, 5.41) is 6.01. The van der Waals surface area contributed by atoms with Crippen molar-refractivity contribution >= 4 is 25.7 Å². The van der Waals surface area contributed by atoms with E-state index in [0.717, 1.165) is 5.69 Å². The number of H-pyrrole nitrogens is 1. The first-order valence-corrected chi connectivity index (χ1v) is 9.84. The minimum Gasteiger partial charge on any atom is -0.280 e. The number of nitrogens with zero attached hydrogens (tertiary/aromatic N) is 1. The Morgan fingerprint density at radius 3 is 2.45 bits per heavy atom. The van der Waals surface area contributed by atoms with Gasteiger partial charge in [-0.25, -0.2) is 16.8 Å². The van der Waals surface area contributed by atoms with Crippen LogP contribution in [0.25, 0.3) is 0 Å². The Hall–Kier alpha value is -1.09. The van der Waals surface area contributed by atoms with Crippen LogP contribution in [0.15, 0.2) is 6.07 Å². The maximum atomic E-state index is 12.2. The molecule has 1 aliphatic heterocycles. The van der Waals surface area contributed by atoms with Gasteiger partial charge in [0.2, 0.25) is 10.0 Å². The van der Waals surface area contributed by atoms with Crippen LogP contribution in [0.3, 0.4) is 0 Å². The van der Waals surface area contributed by atoms with Crippen LogP contribution in [0.5, 0.6) is 0 Å². The molecule has 0 unspecified atom stereocenters. The van der Waals surface area contributed by atoms with Crippen molar-refractivity contribution in [1.82, 2.24) is 10.2 Å². The zero-order chi connectivity index (χ0) is 15.0. The molecule has 2 heterocycles. The Morgan fingerprint density at radius 1 is 1.35 bits per heavy atom. The maximum absolute atomic E-state index is 12.2. The number of sulfonamides is 1. The lowest BCUT2D eigenvalue weighted by molar-refractivity contribution is 0.555. The molecular weight excluding hydrogens is 302 g/mol. The van der Waals surface area contributed by atoms with Crippen molar-refractivity contribution in [2.75, 3.05) is 16.2 Å². The molecule has 7 nitrogen and oxygen atoms in total. The molecule has 1 aliphatic rings. The van der Waals surface area contributed by atoms with E-state index in [0.29, 0.717) is 0 Å². The van der Waals surface area contributed by atoms with Crippen LogP contribution in [0.4, 0.5) is 5.82 Å². The minimum absolute atomic E-state index is 0.0730. The fourth-order valence-electron chi connectivity index (χ4n) is 2.09. The van der Waals surface area contributed by atoms with Crippen molar-refractivity contribution < 1.29 is 16.8 Å². The predicted molar refractivity (Wildman–Crippen MR) is 76.9 cm³/mol. The van der Waals surface area contributed by atoms with E-state index in [4.69, 9.17) is 0 Å². The normalized spacial score (nSPS) is 20.1. The second-order valence-electron chi connectivity index (χ2n) is 5.36. The lowest BCUT2D eigenvalue weighted by atomic mass is 10.1. The molecule has 0 amide bonds. The van der Waals surface area contributed by atoms with E-state index < -0.39 is 25.1 Å². The summed E-state index contributed by atoms with van der Waals surface area (Å²) in [6.07, 6.45) is 0.276. The number of hydrogen-bond acceptors (Lipinski definition) is 5. The van der Waals surface area contributed by atoms with Crippen LogP contribution in [-0.4, -0.2) is 43.8 Å². The molecule has 1 aromatic rings. The molecule has 0 saturated carbocycles. The van der Waals surface area contributed by atoms with Gasteiger partial charge in [0.15, 0.2) is 5.82 Å². The number of anilines is 1. The molecule has 1 saturated heterocycles. The Kier molecular flexibility index (Phi) is 4.10. The predicted octanol–water partition coefficient (Wildman–Crippen LogP) is 0.852. The standard InChI is InChI=1S/C11H19N3O4S2/c1-8(2)10-7-11(13-12-10)14-20(17,18)9-3-5-19(15,16)6-4-9/h7-9H,3-6H2,1-2H3,(H2,12,13,14). The first-order chi connectivity index (χ1) is 9.20. The van der Waals surface area contributed by atoms with Crippen molar-refractivity contribution in [3.05, 3.63) is 11.8 Å². The summed E-state index contributed by atoms with van der Waals surface area (Å²) < 4.78 is 49.5. The van der Waals surface area contributed by atoms with Crippen molar-refractivity contribution in [2.45, 2.75) is 37.9 Å². The SMILES string of the molecule is CC(C)c1cc(NS(=O)(=O)C2CCS(=O)(=O)CC2)n[nH]1. The third-order valence-corrected chi connectivity index (χ3v) is 6.97. The number of rotatable bonds is 4. The quantitative estimate of drug-likeness (QED) is 0.854. The number of aromatic nitrogens is 2. The molecule has 2 rings (SSSR count). The second-order valence-corrected chi connectivity index (χ2v) is 9.63. The minimum atomic E-state index is -3.60. The second kappa shape index (κ2) is 5.36. The van der Waals surface area contributed by atoms with E-state index in [2.05, 4.69) is 14.9 Å².